The van der Waals surface area contributed by atoms with Crippen LogP contribution in [0.3, 0.4) is 0 Å². The molecular formula is C25H33NO5S2. The Morgan fingerprint density at radius 3 is 2.55 bits per heavy atom. The molecule has 1 aliphatic heterocycles. The van der Waals surface area contributed by atoms with Crippen LogP contribution in [-0.2, 0) is 9.53 Å². The third-order valence-electron chi connectivity index (χ3n) is 5.25. The summed E-state index contributed by atoms with van der Waals surface area (Å²) >= 11 is 1.49. The standard InChI is InChI=1S/C25H33NO5S2/c1-6-18-16-26(19-10-8-7-9-11-19)20-14-22(32-5)21(15-23(20)33(28,29)17-18)30-13-12-24(27)31-25(2,3)4/h7-15,18,28-29H,6,16-17H2,1-5H3/b13-12+. The lowest BCUT2D eigenvalue weighted by atomic mass is 10.1. The van der Waals surface area contributed by atoms with Gasteiger partial charge in [0.1, 0.15) is 11.4 Å². The molecule has 1 heterocycles. The Hall–Kier alpha value is -2.13. The summed E-state index contributed by atoms with van der Waals surface area (Å²) in [6, 6.07) is 13.6. The first kappa shape index (κ1) is 25.5. The number of anilines is 2. The van der Waals surface area contributed by atoms with Crippen LogP contribution in [0.1, 0.15) is 34.1 Å². The summed E-state index contributed by atoms with van der Waals surface area (Å²) in [5.41, 5.74) is 1.17. The van der Waals surface area contributed by atoms with Crippen molar-refractivity contribution >= 4 is 39.7 Å². The predicted octanol–water partition coefficient (Wildman–Crippen LogP) is 6.93. The largest absolute Gasteiger partial charge is 0.463 e. The number of fused-ring (bicyclic) bond motifs is 1. The fourth-order valence-electron chi connectivity index (χ4n) is 3.68. The van der Waals surface area contributed by atoms with Crippen LogP contribution in [0.15, 0.2) is 64.6 Å². The van der Waals surface area contributed by atoms with Gasteiger partial charge in [-0.25, -0.2) is 4.79 Å². The van der Waals surface area contributed by atoms with Crippen LogP contribution in [0.25, 0.3) is 0 Å². The van der Waals surface area contributed by atoms with Crippen LogP contribution in [0.5, 0.6) is 5.75 Å². The number of hydrogen-bond donors (Lipinski definition) is 2. The first-order chi connectivity index (χ1) is 15.5. The topological polar surface area (TPSA) is 79.2 Å². The van der Waals surface area contributed by atoms with E-state index in [1.165, 1.54) is 24.1 Å². The molecule has 0 aliphatic carbocycles. The number of esters is 1. The number of nitrogens with zero attached hydrogens (tertiary/aromatic N) is 1. The molecule has 0 saturated heterocycles. The van der Waals surface area contributed by atoms with Crippen LogP contribution in [0, 0.1) is 5.92 Å². The number of thioether (sulfide) groups is 1. The van der Waals surface area contributed by atoms with Crippen molar-refractivity contribution in [3.05, 3.63) is 54.8 Å². The van der Waals surface area contributed by atoms with Crippen molar-refractivity contribution in [2.45, 2.75) is 49.5 Å². The van der Waals surface area contributed by atoms with Crippen molar-refractivity contribution in [1.82, 2.24) is 0 Å². The van der Waals surface area contributed by atoms with Crippen molar-refractivity contribution in [3.8, 4) is 5.75 Å². The number of carbonyl (C=O) groups is 1. The van der Waals surface area contributed by atoms with Gasteiger partial charge in [-0.1, -0.05) is 31.5 Å². The molecule has 0 fully saturated rings. The fourth-order valence-corrected chi connectivity index (χ4v) is 6.20. The minimum absolute atomic E-state index is 0.122. The Labute approximate surface area is 202 Å². The summed E-state index contributed by atoms with van der Waals surface area (Å²) in [7, 11) is -3.04. The van der Waals surface area contributed by atoms with Crippen molar-refractivity contribution in [1.29, 1.82) is 0 Å². The van der Waals surface area contributed by atoms with E-state index < -0.39 is 22.2 Å². The quantitative estimate of drug-likeness (QED) is 0.196. The lowest BCUT2D eigenvalue weighted by molar-refractivity contribution is -0.148. The molecule has 180 valence electrons. The van der Waals surface area contributed by atoms with Gasteiger partial charge in [-0.2, -0.15) is 10.6 Å². The molecule has 6 nitrogen and oxygen atoms in total. The Bertz CT molecular complexity index is 1000. The number of hydrogen-bond acceptors (Lipinski definition) is 7. The molecule has 0 radical (unpaired) electrons. The lowest BCUT2D eigenvalue weighted by Crippen LogP contribution is -2.25. The second-order valence-corrected chi connectivity index (χ2v) is 11.9. The smallest absolute Gasteiger partial charge is 0.334 e. The second kappa shape index (κ2) is 10.4. The molecule has 33 heavy (non-hydrogen) atoms. The maximum Gasteiger partial charge on any atom is 0.334 e. The van der Waals surface area contributed by atoms with Crippen LogP contribution in [0.4, 0.5) is 11.4 Å². The van der Waals surface area contributed by atoms with Crippen molar-refractivity contribution < 1.29 is 23.4 Å². The van der Waals surface area contributed by atoms with E-state index in [2.05, 4.69) is 11.8 Å². The molecule has 1 unspecified atom stereocenters. The molecule has 2 aromatic rings. The number of para-hydroxylation sites is 1. The summed E-state index contributed by atoms with van der Waals surface area (Å²) in [4.78, 5) is 15.4. The average molecular weight is 492 g/mol. The van der Waals surface area contributed by atoms with Gasteiger partial charge in [0.05, 0.1) is 27.8 Å². The molecule has 2 aromatic carbocycles. The highest BCUT2D eigenvalue weighted by atomic mass is 32.3. The van der Waals surface area contributed by atoms with Gasteiger partial charge in [0.15, 0.2) is 0 Å². The minimum Gasteiger partial charge on any atom is -0.463 e. The van der Waals surface area contributed by atoms with E-state index in [9.17, 15) is 13.9 Å². The van der Waals surface area contributed by atoms with E-state index in [4.69, 9.17) is 9.47 Å². The zero-order chi connectivity index (χ0) is 24.2. The van der Waals surface area contributed by atoms with E-state index in [-0.39, 0.29) is 5.92 Å². The van der Waals surface area contributed by atoms with Gasteiger partial charge in [-0.3, -0.25) is 9.11 Å². The highest BCUT2D eigenvalue weighted by Crippen LogP contribution is 2.58. The van der Waals surface area contributed by atoms with Crippen LogP contribution < -0.4 is 9.64 Å². The van der Waals surface area contributed by atoms with Gasteiger partial charge < -0.3 is 14.4 Å². The molecule has 0 spiro atoms. The lowest BCUT2D eigenvalue weighted by Gasteiger charge is -2.34. The molecule has 0 aromatic heterocycles. The molecule has 1 atom stereocenters. The van der Waals surface area contributed by atoms with Gasteiger partial charge in [0.25, 0.3) is 0 Å². The van der Waals surface area contributed by atoms with E-state index in [0.29, 0.717) is 22.9 Å². The first-order valence-electron chi connectivity index (χ1n) is 10.9. The average Bonchev–Trinajstić information content (AvgIpc) is 2.86. The van der Waals surface area contributed by atoms with Gasteiger partial charge in [-0.05, 0) is 51.1 Å². The summed E-state index contributed by atoms with van der Waals surface area (Å²) < 4.78 is 33.4. The maximum absolute atomic E-state index is 12.0. The highest BCUT2D eigenvalue weighted by Gasteiger charge is 2.33. The summed E-state index contributed by atoms with van der Waals surface area (Å²) in [6.07, 6.45) is 5.28. The maximum atomic E-state index is 12.0. The molecule has 0 bridgehead atoms. The van der Waals surface area contributed by atoms with Gasteiger partial charge in [-0.15, -0.1) is 11.8 Å². The number of carbonyl (C=O) groups excluding carboxylic acids is 1. The minimum atomic E-state index is -3.04. The Kier molecular flexibility index (Phi) is 8.05. The number of rotatable bonds is 6. The predicted molar refractivity (Wildman–Crippen MR) is 137 cm³/mol. The van der Waals surface area contributed by atoms with Gasteiger partial charge in [0, 0.05) is 24.1 Å². The van der Waals surface area contributed by atoms with E-state index >= 15 is 0 Å². The molecule has 8 heteroatoms. The summed E-state index contributed by atoms with van der Waals surface area (Å²) in [5.74, 6) is 0.375. The zero-order valence-electron chi connectivity index (χ0n) is 19.8. The Morgan fingerprint density at radius 2 is 1.94 bits per heavy atom. The van der Waals surface area contributed by atoms with Gasteiger partial charge in [0.2, 0.25) is 0 Å². The monoisotopic (exact) mass is 491 g/mol. The normalized spacial score (nSPS) is 19.0. The fraction of sp³-hybridized carbons (Fsp3) is 0.400. The highest BCUT2D eigenvalue weighted by molar-refractivity contribution is 8.24. The van der Waals surface area contributed by atoms with Crippen molar-refractivity contribution in [2.75, 3.05) is 23.5 Å². The number of benzene rings is 2. The summed E-state index contributed by atoms with van der Waals surface area (Å²) in [6.45, 7) is 8.15. The van der Waals surface area contributed by atoms with E-state index in [1.54, 1.807) is 26.8 Å². The first-order valence-corrected chi connectivity index (χ1v) is 13.8. The molecule has 3 rings (SSSR count). The molecule has 0 saturated carbocycles. The van der Waals surface area contributed by atoms with Gasteiger partial charge >= 0.3 is 5.97 Å². The SMILES string of the molecule is CCC1CN(c2ccccc2)c2cc(SC)c(O/C=C/C(=O)OC(C)(C)C)cc2S(O)(O)C1. The Balaban J connectivity index is 2.02. The van der Waals surface area contributed by atoms with Crippen LogP contribution in [-0.4, -0.2) is 39.2 Å². The third kappa shape index (κ3) is 6.47. The zero-order valence-corrected chi connectivity index (χ0v) is 21.4. The molecule has 0 amide bonds. The third-order valence-corrected chi connectivity index (χ3v) is 7.97. The molecule has 1 aliphatic rings. The van der Waals surface area contributed by atoms with Crippen molar-refractivity contribution in [2.24, 2.45) is 5.92 Å². The van der Waals surface area contributed by atoms with E-state index in [1.807, 2.05) is 42.7 Å². The van der Waals surface area contributed by atoms with Crippen LogP contribution >= 0.6 is 22.4 Å². The Morgan fingerprint density at radius 1 is 1.24 bits per heavy atom. The van der Waals surface area contributed by atoms with Crippen LogP contribution in [0.2, 0.25) is 0 Å². The van der Waals surface area contributed by atoms with Crippen molar-refractivity contribution in [3.63, 3.8) is 0 Å². The van der Waals surface area contributed by atoms with E-state index in [0.717, 1.165) is 22.7 Å². The molecular weight excluding hydrogens is 458 g/mol. The second-order valence-electron chi connectivity index (χ2n) is 8.98. The molecule has 2 N–H and O–H groups in total. The number of ether oxygens (including phenoxy) is 2. The summed E-state index contributed by atoms with van der Waals surface area (Å²) in [5, 5.41) is 0.